The Balaban J connectivity index is 1.74. The van der Waals surface area contributed by atoms with Gasteiger partial charge in [-0.3, -0.25) is 4.90 Å². The molecule has 1 N–H and O–H groups in total. The summed E-state index contributed by atoms with van der Waals surface area (Å²) in [6.07, 6.45) is -2.73. The molecule has 1 saturated heterocycles. The summed E-state index contributed by atoms with van der Waals surface area (Å²) >= 11 is 0. The number of hydrogen-bond acceptors (Lipinski definition) is 6. The van der Waals surface area contributed by atoms with Gasteiger partial charge in [0.2, 0.25) is 0 Å². The van der Waals surface area contributed by atoms with Gasteiger partial charge in [0.05, 0.1) is 13.7 Å². The summed E-state index contributed by atoms with van der Waals surface area (Å²) in [5.74, 6) is 0.262. The first-order chi connectivity index (χ1) is 10.9. The topological polar surface area (TPSA) is 67.3 Å². The number of anilines is 1. The lowest BCUT2D eigenvalue weighted by molar-refractivity contribution is -0.148. The Labute approximate surface area is 132 Å². The first kappa shape index (κ1) is 17.5. The number of ether oxygens (including phenoxy) is 1. The molecule has 6 nitrogen and oxygen atoms in total. The monoisotopic (exact) mass is 332 g/mol. The zero-order valence-electron chi connectivity index (χ0n) is 12.8. The van der Waals surface area contributed by atoms with Crippen LogP contribution in [0.3, 0.4) is 0 Å². The van der Waals surface area contributed by atoms with Crippen molar-refractivity contribution in [2.24, 2.45) is 5.92 Å². The smallest absolute Gasteiger partial charge is 0.401 e. The van der Waals surface area contributed by atoms with Crippen LogP contribution in [0.2, 0.25) is 0 Å². The zero-order chi connectivity index (χ0) is 16.9. The molecule has 0 amide bonds. The van der Waals surface area contributed by atoms with Crippen molar-refractivity contribution in [2.75, 3.05) is 38.6 Å². The van der Waals surface area contributed by atoms with Gasteiger partial charge in [0.25, 0.3) is 0 Å². The van der Waals surface area contributed by atoms with Crippen LogP contribution in [0.1, 0.15) is 23.3 Å². The second-order valence-electron chi connectivity index (χ2n) is 5.51. The second-order valence-corrected chi connectivity index (χ2v) is 5.51. The maximum atomic E-state index is 12.3. The highest BCUT2D eigenvalue weighted by Gasteiger charge is 2.32. The highest BCUT2D eigenvalue weighted by molar-refractivity contribution is 5.86. The molecule has 0 spiro atoms. The molecular weight excluding hydrogens is 313 g/mol. The Morgan fingerprint density at radius 3 is 2.57 bits per heavy atom. The van der Waals surface area contributed by atoms with Crippen LogP contribution in [0.25, 0.3) is 0 Å². The Kier molecular flexibility index (Phi) is 5.75. The normalized spacial score (nSPS) is 17.0. The summed E-state index contributed by atoms with van der Waals surface area (Å²) in [6.45, 7) is 0.664. The Morgan fingerprint density at radius 1 is 1.35 bits per heavy atom. The quantitative estimate of drug-likeness (QED) is 0.832. The molecule has 0 bridgehead atoms. The summed E-state index contributed by atoms with van der Waals surface area (Å²) in [4.78, 5) is 12.7. The van der Waals surface area contributed by atoms with Crippen LogP contribution in [0.15, 0.2) is 12.1 Å². The summed E-state index contributed by atoms with van der Waals surface area (Å²) < 4.78 is 41.5. The highest BCUT2D eigenvalue weighted by atomic mass is 19.4. The van der Waals surface area contributed by atoms with Gasteiger partial charge >= 0.3 is 12.1 Å². The number of nitrogens with one attached hydrogen (secondary N) is 1. The fourth-order valence-electron chi connectivity index (χ4n) is 2.49. The van der Waals surface area contributed by atoms with E-state index in [1.807, 2.05) is 0 Å². The minimum absolute atomic E-state index is 0.124. The van der Waals surface area contributed by atoms with Crippen molar-refractivity contribution in [1.82, 2.24) is 15.1 Å². The molecule has 1 aliphatic heterocycles. The summed E-state index contributed by atoms with van der Waals surface area (Å²) in [6, 6.07) is 3.13. The van der Waals surface area contributed by atoms with Crippen LogP contribution in [-0.4, -0.2) is 60.5 Å². The van der Waals surface area contributed by atoms with Crippen LogP contribution in [0.5, 0.6) is 0 Å². The van der Waals surface area contributed by atoms with E-state index >= 15 is 0 Å². The predicted molar refractivity (Wildman–Crippen MR) is 77.1 cm³/mol. The lowest BCUT2D eigenvalue weighted by Crippen LogP contribution is -2.41. The minimum Gasteiger partial charge on any atom is -0.464 e. The SMILES string of the molecule is COC(=O)c1ccc(NCC2CCN(CC(F)(F)F)CC2)nn1. The first-order valence-corrected chi connectivity index (χ1v) is 7.32. The Morgan fingerprint density at radius 2 is 2.04 bits per heavy atom. The molecule has 0 unspecified atom stereocenters. The second kappa shape index (κ2) is 7.58. The number of esters is 1. The first-order valence-electron chi connectivity index (χ1n) is 7.32. The van der Waals surface area contributed by atoms with Crippen LogP contribution in [0.4, 0.5) is 19.0 Å². The van der Waals surface area contributed by atoms with Crippen LogP contribution in [0, 0.1) is 5.92 Å². The lowest BCUT2D eigenvalue weighted by Gasteiger charge is -2.32. The molecule has 0 radical (unpaired) electrons. The maximum Gasteiger partial charge on any atom is 0.401 e. The standard InChI is InChI=1S/C14H19F3N4O2/c1-23-13(22)11-2-3-12(20-19-11)18-8-10-4-6-21(7-5-10)9-14(15,16)17/h2-3,10H,4-9H2,1H3,(H,18,20). The number of aromatic nitrogens is 2. The lowest BCUT2D eigenvalue weighted by atomic mass is 9.97. The number of nitrogens with zero attached hydrogens (tertiary/aromatic N) is 3. The average Bonchev–Trinajstić information content (AvgIpc) is 2.52. The number of alkyl halides is 3. The molecule has 23 heavy (non-hydrogen) atoms. The van der Waals surface area contributed by atoms with Gasteiger partial charge in [-0.2, -0.15) is 13.2 Å². The molecular formula is C14H19F3N4O2. The van der Waals surface area contributed by atoms with E-state index in [0.29, 0.717) is 44.2 Å². The van der Waals surface area contributed by atoms with Crippen LogP contribution < -0.4 is 5.32 Å². The van der Waals surface area contributed by atoms with E-state index in [1.54, 1.807) is 6.07 Å². The largest absolute Gasteiger partial charge is 0.464 e. The van der Waals surface area contributed by atoms with E-state index in [1.165, 1.54) is 18.1 Å². The molecule has 128 valence electrons. The molecule has 0 aliphatic carbocycles. The molecule has 0 aromatic carbocycles. The number of methoxy groups -OCH3 is 1. The van der Waals surface area contributed by atoms with Gasteiger partial charge in [0.15, 0.2) is 5.69 Å². The van der Waals surface area contributed by atoms with Gasteiger partial charge < -0.3 is 10.1 Å². The van der Waals surface area contributed by atoms with Crippen molar-refractivity contribution in [3.63, 3.8) is 0 Å². The van der Waals surface area contributed by atoms with E-state index in [0.717, 1.165) is 0 Å². The van der Waals surface area contributed by atoms with E-state index in [9.17, 15) is 18.0 Å². The highest BCUT2D eigenvalue weighted by Crippen LogP contribution is 2.22. The minimum atomic E-state index is -4.14. The number of piperidine rings is 1. The number of rotatable bonds is 5. The van der Waals surface area contributed by atoms with Crippen molar-refractivity contribution < 1.29 is 22.7 Å². The molecule has 0 atom stereocenters. The fraction of sp³-hybridized carbons (Fsp3) is 0.643. The molecule has 0 saturated carbocycles. The third-order valence-electron chi connectivity index (χ3n) is 3.74. The summed E-state index contributed by atoms with van der Waals surface area (Å²) in [5, 5.41) is 10.7. The molecule has 1 aromatic heterocycles. The fourth-order valence-corrected chi connectivity index (χ4v) is 2.49. The van der Waals surface area contributed by atoms with Crippen LogP contribution in [-0.2, 0) is 4.74 Å². The van der Waals surface area contributed by atoms with Crippen molar-refractivity contribution in [1.29, 1.82) is 0 Å². The Bertz CT molecular complexity index is 514. The predicted octanol–water partition coefficient (Wildman–Crippen LogP) is 1.95. The molecule has 9 heteroatoms. The Hall–Kier alpha value is -1.90. The number of carbonyl (C=O) groups is 1. The molecule has 1 aromatic rings. The van der Waals surface area contributed by atoms with Crippen LogP contribution >= 0.6 is 0 Å². The molecule has 2 heterocycles. The molecule has 2 rings (SSSR count). The van der Waals surface area contributed by atoms with Gasteiger partial charge in [-0.25, -0.2) is 4.79 Å². The van der Waals surface area contributed by atoms with Gasteiger partial charge in [-0.1, -0.05) is 0 Å². The van der Waals surface area contributed by atoms with Crippen molar-refractivity contribution in [3.05, 3.63) is 17.8 Å². The molecule has 1 aliphatic rings. The number of carbonyl (C=O) groups excluding carboxylic acids is 1. The zero-order valence-corrected chi connectivity index (χ0v) is 12.8. The number of likely N-dealkylation sites (tertiary alicyclic amines) is 1. The van der Waals surface area contributed by atoms with Crippen molar-refractivity contribution >= 4 is 11.8 Å². The van der Waals surface area contributed by atoms with Gasteiger partial charge in [0.1, 0.15) is 5.82 Å². The van der Waals surface area contributed by atoms with E-state index in [4.69, 9.17) is 0 Å². The average molecular weight is 332 g/mol. The van der Waals surface area contributed by atoms with E-state index in [-0.39, 0.29) is 5.69 Å². The van der Waals surface area contributed by atoms with Gasteiger partial charge in [-0.05, 0) is 44.0 Å². The summed E-state index contributed by atoms with van der Waals surface area (Å²) in [7, 11) is 1.27. The van der Waals surface area contributed by atoms with E-state index < -0.39 is 18.7 Å². The number of hydrogen-bond donors (Lipinski definition) is 1. The third kappa shape index (κ3) is 5.66. The molecule has 1 fully saturated rings. The van der Waals surface area contributed by atoms with E-state index in [2.05, 4.69) is 20.3 Å². The third-order valence-corrected chi connectivity index (χ3v) is 3.74. The maximum absolute atomic E-state index is 12.3. The van der Waals surface area contributed by atoms with Crippen molar-refractivity contribution in [2.45, 2.75) is 19.0 Å². The van der Waals surface area contributed by atoms with Gasteiger partial charge in [0, 0.05) is 6.54 Å². The van der Waals surface area contributed by atoms with Gasteiger partial charge in [-0.15, -0.1) is 10.2 Å². The number of halogens is 3. The summed E-state index contributed by atoms with van der Waals surface area (Å²) in [5.41, 5.74) is 0.124. The van der Waals surface area contributed by atoms with Crippen molar-refractivity contribution in [3.8, 4) is 0 Å².